The number of aliphatic hydroxyl groups is 1. The summed E-state index contributed by atoms with van der Waals surface area (Å²) < 4.78 is 6.90. The number of hydrogen-bond donors (Lipinski definition) is 2. The predicted octanol–water partition coefficient (Wildman–Crippen LogP) is 1.34. The lowest BCUT2D eigenvalue weighted by atomic mass is 10.0. The molecule has 2 N–H and O–H groups in total. The molecule has 0 saturated carbocycles. The Morgan fingerprint density at radius 3 is 2.83 bits per heavy atom. The second-order valence-electron chi connectivity index (χ2n) is 5.22. The van der Waals surface area contributed by atoms with E-state index < -0.39 is 5.60 Å². The van der Waals surface area contributed by atoms with E-state index in [9.17, 15) is 5.11 Å². The maximum atomic E-state index is 10.0. The van der Waals surface area contributed by atoms with Gasteiger partial charge in [0.2, 0.25) is 0 Å². The second-order valence-corrected chi connectivity index (χ2v) is 5.22. The summed E-state index contributed by atoms with van der Waals surface area (Å²) in [5.74, 6) is 0. The molecule has 1 aromatic heterocycles. The third-order valence-electron chi connectivity index (χ3n) is 2.85. The van der Waals surface area contributed by atoms with Crippen LogP contribution >= 0.6 is 0 Å². The highest BCUT2D eigenvalue weighted by molar-refractivity contribution is 4.99. The van der Waals surface area contributed by atoms with Gasteiger partial charge in [-0.05, 0) is 26.8 Å². The molecule has 5 heteroatoms. The van der Waals surface area contributed by atoms with Crippen LogP contribution in [-0.2, 0) is 11.3 Å². The van der Waals surface area contributed by atoms with Crippen LogP contribution in [0.3, 0.4) is 0 Å². The van der Waals surface area contributed by atoms with Gasteiger partial charge in [-0.2, -0.15) is 5.10 Å². The molecule has 18 heavy (non-hydrogen) atoms. The molecule has 0 radical (unpaired) electrons. The van der Waals surface area contributed by atoms with E-state index in [-0.39, 0.29) is 0 Å². The van der Waals surface area contributed by atoms with E-state index in [0.29, 0.717) is 32.2 Å². The fraction of sp³-hybridized carbons (Fsp3) is 0.769. The van der Waals surface area contributed by atoms with Gasteiger partial charge in [-0.1, -0.05) is 0 Å². The molecule has 0 aliphatic heterocycles. The number of hydrogen-bond acceptors (Lipinski definition) is 4. The first-order chi connectivity index (χ1) is 8.44. The smallest absolute Gasteiger partial charge is 0.0765 e. The highest BCUT2D eigenvalue weighted by Crippen LogP contribution is 2.08. The molecule has 0 spiro atoms. The minimum absolute atomic E-state index is 0.378. The molecule has 0 aromatic carbocycles. The standard InChI is InChI=1S/C13H25N3O2/c1-11(2)16-7-5-12(15-16)9-14-10-13(3,17)6-8-18-4/h5,7,11,14,17H,6,8-10H2,1-4H3. The molecule has 104 valence electrons. The summed E-state index contributed by atoms with van der Waals surface area (Å²) >= 11 is 0. The zero-order valence-corrected chi connectivity index (χ0v) is 11.8. The summed E-state index contributed by atoms with van der Waals surface area (Å²) in [6, 6.07) is 2.38. The molecule has 1 atom stereocenters. The minimum atomic E-state index is -0.739. The van der Waals surface area contributed by atoms with Crippen LogP contribution in [0.4, 0.5) is 0 Å². The van der Waals surface area contributed by atoms with Gasteiger partial charge in [0.05, 0.1) is 11.3 Å². The van der Waals surface area contributed by atoms with Crippen LogP contribution in [0.2, 0.25) is 0 Å². The Balaban J connectivity index is 2.32. The SMILES string of the molecule is COCCC(C)(O)CNCc1ccn(C(C)C)n1. The van der Waals surface area contributed by atoms with Crippen LogP contribution in [0.25, 0.3) is 0 Å². The van der Waals surface area contributed by atoms with Crippen LogP contribution in [0.1, 0.15) is 38.9 Å². The molecular formula is C13H25N3O2. The van der Waals surface area contributed by atoms with Crippen molar-refractivity contribution in [3.63, 3.8) is 0 Å². The fourth-order valence-electron chi connectivity index (χ4n) is 1.63. The van der Waals surface area contributed by atoms with Gasteiger partial charge in [0, 0.05) is 45.5 Å². The molecule has 1 aromatic rings. The van der Waals surface area contributed by atoms with Gasteiger partial charge in [0.25, 0.3) is 0 Å². The van der Waals surface area contributed by atoms with E-state index in [2.05, 4.69) is 24.3 Å². The molecule has 1 unspecified atom stereocenters. The van der Waals surface area contributed by atoms with Crippen molar-refractivity contribution in [2.75, 3.05) is 20.3 Å². The lowest BCUT2D eigenvalue weighted by molar-refractivity contribution is 0.0247. The second kappa shape index (κ2) is 6.87. The molecule has 0 aliphatic carbocycles. The normalized spacial score (nSPS) is 15.0. The first-order valence-electron chi connectivity index (χ1n) is 6.41. The van der Waals surface area contributed by atoms with Crippen LogP contribution in [0.5, 0.6) is 0 Å². The lowest BCUT2D eigenvalue weighted by Crippen LogP contribution is -2.38. The minimum Gasteiger partial charge on any atom is -0.389 e. The van der Waals surface area contributed by atoms with E-state index in [1.165, 1.54) is 0 Å². The predicted molar refractivity (Wildman–Crippen MR) is 71.4 cm³/mol. The molecule has 5 nitrogen and oxygen atoms in total. The lowest BCUT2D eigenvalue weighted by Gasteiger charge is -2.23. The Bertz CT molecular complexity index is 348. The van der Waals surface area contributed by atoms with Gasteiger partial charge in [0.15, 0.2) is 0 Å². The maximum absolute atomic E-state index is 10.0. The van der Waals surface area contributed by atoms with Gasteiger partial charge in [-0.25, -0.2) is 0 Å². The Hall–Kier alpha value is -0.910. The third-order valence-corrected chi connectivity index (χ3v) is 2.85. The summed E-state index contributed by atoms with van der Waals surface area (Å²) in [7, 11) is 1.64. The number of aromatic nitrogens is 2. The molecule has 1 rings (SSSR count). The molecule has 0 aliphatic rings. The van der Waals surface area contributed by atoms with E-state index in [1.54, 1.807) is 7.11 Å². The van der Waals surface area contributed by atoms with Crippen molar-refractivity contribution in [2.45, 2.75) is 45.4 Å². The molecule has 1 heterocycles. The van der Waals surface area contributed by atoms with Gasteiger partial charge >= 0.3 is 0 Å². The van der Waals surface area contributed by atoms with E-state index in [1.807, 2.05) is 23.9 Å². The van der Waals surface area contributed by atoms with Crippen molar-refractivity contribution in [1.82, 2.24) is 15.1 Å². The molecular weight excluding hydrogens is 230 g/mol. The average molecular weight is 255 g/mol. The summed E-state index contributed by atoms with van der Waals surface area (Å²) in [5, 5.41) is 17.7. The summed E-state index contributed by atoms with van der Waals surface area (Å²) in [6.07, 6.45) is 2.60. The monoisotopic (exact) mass is 255 g/mol. The van der Waals surface area contributed by atoms with Crippen molar-refractivity contribution >= 4 is 0 Å². The van der Waals surface area contributed by atoms with Crippen LogP contribution < -0.4 is 5.32 Å². The number of rotatable bonds is 8. The zero-order valence-electron chi connectivity index (χ0n) is 11.8. The van der Waals surface area contributed by atoms with Gasteiger partial charge in [0.1, 0.15) is 0 Å². The van der Waals surface area contributed by atoms with Crippen molar-refractivity contribution in [2.24, 2.45) is 0 Å². The van der Waals surface area contributed by atoms with Crippen molar-refractivity contribution < 1.29 is 9.84 Å². The Kier molecular flexibility index (Phi) is 5.78. The third kappa shape index (κ3) is 5.16. The summed E-state index contributed by atoms with van der Waals surface area (Å²) in [5.41, 5.74) is 0.252. The number of ether oxygens (including phenoxy) is 1. The number of nitrogens with one attached hydrogen (secondary N) is 1. The Morgan fingerprint density at radius 2 is 2.28 bits per heavy atom. The highest BCUT2D eigenvalue weighted by atomic mass is 16.5. The quantitative estimate of drug-likeness (QED) is 0.736. The van der Waals surface area contributed by atoms with Crippen LogP contribution in [0, 0.1) is 0 Å². The first kappa shape index (κ1) is 15.1. The van der Waals surface area contributed by atoms with Crippen LogP contribution in [0.15, 0.2) is 12.3 Å². The average Bonchev–Trinajstić information content (AvgIpc) is 2.75. The van der Waals surface area contributed by atoms with E-state index in [0.717, 1.165) is 5.69 Å². The number of methoxy groups -OCH3 is 1. The van der Waals surface area contributed by atoms with E-state index in [4.69, 9.17) is 4.74 Å². The van der Waals surface area contributed by atoms with E-state index >= 15 is 0 Å². The molecule has 0 bridgehead atoms. The van der Waals surface area contributed by atoms with Crippen molar-refractivity contribution in [3.8, 4) is 0 Å². The van der Waals surface area contributed by atoms with Crippen LogP contribution in [-0.4, -0.2) is 40.7 Å². The molecule has 0 saturated heterocycles. The topological polar surface area (TPSA) is 59.3 Å². The zero-order chi connectivity index (χ0) is 13.6. The highest BCUT2D eigenvalue weighted by Gasteiger charge is 2.19. The van der Waals surface area contributed by atoms with Gasteiger partial charge in [-0.3, -0.25) is 4.68 Å². The van der Waals surface area contributed by atoms with Gasteiger partial charge in [-0.15, -0.1) is 0 Å². The summed E-state index contributed by atoms with van der Waals surface area (Å²) in [6.45, 7) is 7.77. The first-order valence-corrected chi connectivity index (χ1v) is 6.41. The maximum Gasteiger partial charge on any atom is 0.0765 e. The van der Waals surface area contributed by atoms with Crippen molar-refractivity contribution in [1.29, 1.82) is 0 Å². The van der Waals surface area contributed by atoms with Gasteiger partial charge < -0.3 is 15.2 Å². The van der Waals surface area contributed by atoms with Crippen molar-refractivity contribution in [3.05, 3.63) is 18.0 Å². The largest absolute Gasteiger partial charge is 0.389 e. The fourth-order valence-corrected chi connectivity index (χ4v) is 1.63. The Morgan fingerprint density at radius 1 is 1.56 bits per heavy atom. The molecule has 0 amide bonds. The summed E-state index contributed by atoms with van der Waals surface area (Å²) in [4.78, 5) is 0. The number of nitrogens with zero attached hydrogens (tertiary/aromatic N) is 2. The molecule has 0 fully saturated rings. The Labute approximate surface area is 109 Å².